The smallest absolute Gasteiger partial charge is 0.286 e. The lowest BCUT2D eigenvalue weighted by molar-refractivity contribution is -0.123. The van der Waals surface area contributed by atoms with Gasteiger partial charge < -0.3 is 10.6 Å². The van der Waals surface area contributed by atoms with Crippen molar-refractivity contribution in [2.24, 2.45) is 22.6 Å². The number of amides is 2. The van der Waals surface area contributed by atoms with E-state index in [4.69, 9.17) is 10.8 Å². The summed E-state index contributed by atoms with van der Waals surface area (Å²) in [4.78, 5) is 31.6. The van der Waals surface area contributed by atoms with Crippen LogP contribution in [0.5, 0.6) is 0 Å². The highest BCUT2D eigenvalue weighted by molar-refractivity contribution is 8.18. The zero-order chi connectivity index (χ0) is 30.1. The highest BCUT2D eigenvalue weighted by atomic mass is 32.2. The van der Waals surface area contributed by atoms with Crippen LogP contribution in [0, 0.1) is 11.8 Å². The summed E-state index contributed by atoms with van der Waals surface area (Å²) >= 11 is 1.30. The maximum atomic E-state index is 13.5. The number of amidine groups is 1. The van der Waals surface area contributed by atoms with Crippen LogP contribution in [0.1, 0.15) is 38.2 Å². The van der Waals surface area contributed by atoms with Crippen molar-refractivity contribution in [2.75, 3.05) is 26.2 Å². The molecule has 0 spiro atoms. The highest BCUT2D eigenvalue weighted by Crippen LogP contribution is 2.35. The Morgan fingerprint density at radius 2 is 1.72 bits per heavy atom. The van der Waals surface area contributed by atoms with Crippen molar-refractivity contribution in [1.82, 2.24) is 19.0 Å². The monoisotopic (exact) mass is 618 g/mol. The van der Waals surface area contributed by atoms with Crippen molar-refractivity contribution in [3.63, 3.8) is 0 Å². The Balaban J connectivity index is 1.32. The van der Waals surface area contributed by atoms with Crippen molar-refractivity contribution in [3.05, 3.63) is 71.3 Å². The van der Waals surface area contributed by atoms with Gasteiger partial charge in [0.1, 0.15) is 5.69 Å². The Bertz CT molecular complexity index is 1700. The summed E-state index contributed by atoms with van der Waals surface area (Å²) in [7, 11) is -3.66. The molecule has 6 rings (SSSR count). The van der Waals surface area contributed by atoms with E-state index in [0.29, 0.717) is 71.8 Å². The van der Waals surface area contributed by atoms with Gasteiger partial charge in [0.2, 0.25) is 15.9 Å². The topological polar surface area (TPSA) is 131 Å². The van der Waals surface area contributed by atoms with Gasteiger partial charge in [0.15, 0.2) is 5.17 Å². The molecule has 224 valence electrons. The molecule has 10 nitrogen and oxygen atoms in total. The molecular weight excluding hydrogens is 585 g/mol. The van der Waals surface area contributed by atoms with E-state index in [1.165, 1.54) is 11.8 Å². The number of hydrogen-bond acceptors (Lipinski definition) is 7. The van der Waals surface area contributed by atoms with Gasteiger partial charge in [-0.05, 0) is 73.7 Å². The first-order chi connectivity index (χ1) is 20.7. The molecule has 2 N–H and O–H groups in total. The number of rotatable bonds is 6. The Morgan fingerprint density at radius 3 is 2.42 bits per heavy atom. The first-order valence-electron chi connectivity index (χ1n) is 14.5. The molecule has 2 saturated heterocycles. The fraction of sp³-hybridized carbons (Fsp3) is 0.355. The number of para-hydroxylation sites is 1. The summed E-state index contributed by atoms with van der Waals surface area (Å²) in [5, 5.41) is 5.46. The number of nitrogens with zero attached hydrogens (tertiary/aromatic N) is 5. The third-order valence-corrected chi connectivity index (χ3v) is 11.3. The summed E-state index contributed by atoms with van der Waals surface area (Å²) in [6, 6.07) is 16.5. The van der Waals surface area contributed by atoms with Crippen molar-refractivity contribution in [2.45, 2.75) is 37.5 Å². The van der Waals surface area contributed by atoms with Crippen LogP contribution >= 0.6 is 11.8 Å². The van der Waals surface area contributed by atoms with E-state index in [2.05, 4.69) is 11.9 Å². The molecule has 0 saturated carbocycles. The molecule has 43 heavy (non-hydrogen) atoms. The van der Waals surface area contributed by atoms with Crippen LogP contribution < -0.4 is 5.73 Å². The van der Waals surface area contributed by atoms with Crippen LogP contribution in [-0.4, -0.2) is 70.6 Å². The molecule has 0 bridgehead atoms. The van der Waals surface area contributed by atoms with E-state index in [1.807, 2.05) is 47.5 Å². The summed E-state index contributed by atoms with van der Waals surface area (Å²) in [5.74, 6) is -0.273. The second-order valence-corrected chi connectivity index (χ2v) is 14.2. The number of carbonyl (C=O) groups is 2. The quantitative estimate of drug-likeness (QED) is 0.411. The van der Waals surface area contributed by atoms with Crippen molar-refractivity contribution < 1.29 is 18.0 Å². The van der Waals surface area contributed by atoms with Gasteiger partial charge in [-0.25, -0.2) is 13.1 Å². The number of thioether (sulfide) groups is 1. The van der Waals surface area contributed by atoms with E-state index in [0.717, 1.165) is 18.5 Å². The molecule has 0 aliphatic carbocycles. The average Bonchev–Trinajstić information content (AvgIpc) is 3.61. The van der Waals surface area contributed by atoms with E-state index >= 15 is 0 Å². The van der Waals surface area contributed by atoms with Gasteiger partial charge in [0.25, 0.3) is 5.91 Å². The first kappa shape index (κ1) is 29.3. The summed E-state index contributed by atoms with van der Waals surface area (Å²) in [5.41, 5.74) is 8.18. The van der Waals surface area contributed by atoms with Gasteiger partial charge in [-0.3, -0.25) is 9.59 Å². The van der Waals surface area contributed by atoms with E-state index in [9.17, 15) is 18.0 Å². The van der Waals surface area contributed by atoms with Crippen LogP contribution in [0.2, 0.25) is 0 Å². The number of hydrogen-bond donors (Lipinski definition) is 1. The van der Waals surface area contributed by atoms with Gasteiger partial charge in [-0.2, -0.15) is 14.4 Å². The molecule has 1 aromatic heterocycles. The minimum absolute atomic E-state index is 0.154. The number of nitrogens with two attached hydrogens (primary N) is 1. The molecule has 3 aromatic rings. The van der Waals surface area contributed by atoms with Gasteiger partial charge in [-0.1, -0.05) is 37.3 Å². The molecule has 0 atom stereocenters. The Labute approximate surface area is 255 Å². The zero-order valence-electron chi connectivity index (χ0n) is 23.9. The summed E-state index contributed by atoms with van der Waals surface area (Å²) < 4.78 is 30.4. The lowest BCUT2D eigenvalue weighted by Crippen LogP contribution is -2.40. The zero-order valence-corrected chi connectivity index (χ0v) is 25.6. The molecule has 3 aliphatic rings. The second-order valence-electron chi connectivity index (χ2n) is 11.3. The maximum absolute atomic E-state index is 13.5. The van der Waals surface area contributed by atoms with Crippen molar-refractivity contribution in [3.8, 4) is 16.9 Å². The lowest BCUT2D eigenvalue weighted by Gasteiger charge is -2.31. The van der Waals surface area contributed by atoms with Crippen LogP contribution in [-0.2, 0) is 19.6 Å². The van der Waals surface area contributed by atoms with Gasteiger partial charge in [0.05, 0.1) is 15.5 Å². The number of benzene rings is 2. The minimum Gasteiger partial charge on any atom is -0.369 e. The number of primary amides is 1. The molecule has 2 aromatic carbocycles. The number of sulfonamides is 1. The van der Waals surface area contributed by atoms with E-state index < -0.39 is 10.0 Å². The van der Waals surface area contributed by atoms with Gasteiger partial charge >= 0.3 is 0 Å². The standard InChI is InChI=1S/C31H34N6O4S2/c1-21-10-16-36(17-11-21)43(40,41)26-9-5-6-23(18-26)28-24(20-37(34-28)25-7-3-2-4-8-25)19-27-30(39)33-31(42-27)35-14-12-22(13-15-35)29(32)38/h2-9,18-22H,10-17H2,1H3,(H2,32,38). The van der Waals surface area contributed by atoms with Gasteiger partial charge in [-0.15, -0.1) is 0 Å². The lowest BCUT2D eigenvalue weighted by atomic mass is 9.97. The Kier molecular flexibility index (Phi) is 8.25. The van der Waals surface area contributed by atoms with Crippen molar-refractivity contribution >= 4 is 44.8 Å². The predicted molar refractivity (Wildman–Crippen MR) is 168 cm³/mol. The fourth-order valence-corrected chi connectivity index (χ4v) is 8.11. The maximum Gasteiger partial charge on any atom is 0.286 e. The van der Waals surface area contributed by atoms with Crippen LogP contribution in [0.4, 0.5) is 0 Å². The molecule has 0 radical (unpaired) electrons. The van der Waals surface area contributed by atoms with Crippen molar-refractivity contribution in [1.29, 1.82) is 0 Å². The SMILES string of the molecule is CC1CCN(S(=O)(=O)c2cccc(-c3nn(-c4ccccc4)cc3C=C3SC(N4CCC(C(N)=O)CC4)=NC3=O)c2)CC1. The van der Waals surface area contributed by atoms with E-state index in [1.54, 1.807) is 33.3 Å². The number of aromatic nitrogens is 2. The largest absolute Gasteiger partial charge is 0.369 e. The first-order valence-corrected chi connectivity index (χ1v) is 16.8. The predicted octanol–water partition coefficient (Wildman–Crippen LogP) is 4.13. The Hall–Kier alpha value is -3.74. The molecule has 0 unspecified atom stereocenters. The van der Waals surface area contributed by atoms with Crippen LogP contribution in [0.15, 0.2) is 75.6 Å². The van der Waals surface area contributed by atoms with Gasteiger partial charge in [0, 0.05) is 49.4 Å². The number of likely N-dealkylation sites (tertiary alicyclic amines) is 1. The third-order valence-electron chi connectivity index (χ3n) is 8.31. The molecule has 2 fully saturated rings. The minimum atomic E-state index is -3.66. The number of aliphatic imine (C=N–C) groups is 1. The normalized spacial score (nSPS) is 20.1. The molecule has 4 heterocycles. The Morgan fingerprint density at radius 1 is 1.00 bits per heavy atom. The summed E-state index contributed by atoms with van der Waals surface area (Å²) in [6.45, 7) is 4.38. The second kappa shape index (κ2) is 12.1. The van der Waals surface area contributed by atoms with Crippen LogP contribution in [0.3, 0.4) is 0 Å². The summed E-state index contributed by atoms with van der Waals surface area (Å²) in [6.07, 6.45) is 6.56. The molecule has 3 aliphatic heterocycles. The molecule has 12 heteroatoms. The third kappa shape index (κ3) is 6.17. The fourth-order valence-electron chi connectivity index (χ4n) is 5.64. The molecule has 2 amide bonds. The number of piperidine rings is 2. The van der Waals surface area contributed by atoms with E-state index in [-0.39, 0.29) is 22.6 Å². The molecular formula is C31H34N6O4S2. The number of carbonyl (C=O) groups excluding carboxylic acids is 2. The average molecular weight is 619 g/mol. The highest BCUT2D eigenvalue weighted by Gasteiger charge is 2.32. The van der Waals surface area contributed by atoms with Crippen LogP contribution in [0.25, 0.3) is 23.0 Å².